The van der Waals surface area contributed by atoms with E-state index in [1.807, 2.05) is 19.1 Å². The van der Waals surface area contributed by atoms with Crippen LogP contribution in [0.5, 0.6) is 5.75 Å². The Labute approximate surface area is 113 Å². The summed E-state index contributed by atoms with van der Waals surface area (Å²) in [6.45, 7) is 2.39. The predicted octanol–water partition coefficient (Wildman–Crippen LogP) is 2.80. The Bertz CT molecular complexity index is 492. The van der Waals surface area contributed by atoms with Crippen LogP contribution in [0.2, 0.25) is 0 Å². The molecule has 0 spiro atoms. The fraction of sp³-hybridized carbons (Fsp3) is 0.429. The third kappa shape index (κ3) is 4.36. The minimum atomic E-state index is -2.93. The van der Waals surface area contributed by atoms with E-state index in [2.05, 4.69) is 0 Å². The summed E-state index contributed by atoms with van der Waals surface area (Å²) in [5.74, 6) is 2.31. The van der Waals surface area contributed by atoms with Crippen molar-refractivity contribution in [3.8, 4) is 5.75 Å². The van der Waals surface area contributed by atoms with Crippen LogP contribution in [0, 0.1) is 0 Å². The average molecular weight is 282 g/mol. The molecule has 0 aromatic heterocycles. The number of ether oxygens (including phenoxy) is 1. The topological polar surface area (TPSA) is 52.6 Å². The summed E-state index contributed by atoms with van der Waals surface area (Å²) in [5.41, 5.74) is 0. The maximum Gasteiger partial charge on any atom is 0.235 e. The number of hydrogen-bond acceptors (Lipinski definition) is 4. The minimum Gasteiger partial charge on any atom is -0.493 e. The smallest absolute Gasteiger partial charge is 0.235 e. The summed E-state index contributed by atoms with van der Waals surface area (Å²) in [4.78, 5) is 10.1. The van der Waals surface area contributed by atoms with Gasteiger partial charge in [0.15, 0.2) is 0 Å². The van der Waals surface area contributed by atoms with Gasteiger partial charge in [0, 0.05) is 13.3 Å². The summed E-state index contributed by atoms with van der Waals surface area (Å²) in [6.07, 6.45) is 2.94. The fourth-order valence-electron chi connectivity index (χ4n) is 1.79. The molecular formula is C14H19O4P. The molecule has 0 aliphatic heterocycles. The minimum absolute atomic E-state index is 0.381. The van der Waals surface area contributed by atoms with E-state index >= 15 is 0 Å². The van der Waals surface area contributed by atoms with Gasteiger partial charge in [-0.2, -0.15) is 0 Å². The highest BCUT2D eigenvalue weighted by Crippen LogP contribution is 2.48. The largest absolute Gasteiger partial charge is 0.493 e. The van der Waals surface area contributed by atoms with E-state index in [9.17, 15) is 9.36 Å². The Balaban J connectivity index is 2.94. The second kappa shape index (κ2) is 7.96. The molecule has 5 heteroatoms. The lowest BCUT2D eigenvalue weighted by molar-refractivity contribution is 0.341. The fourth-order valence-corrected chi connectivity index (χ4v) is 3.79. The first-order valence-corrected chi connectivity index (χ1v) is 8.05. The Morgan fingerprint density at radius 2 is 2.11 bits per heavy atom. The highest BCUT2D eigenvalue weighted by molar-refractivity contribution is 7.67. The third-order valence-corrected chi connectivity index (χ3v) is 5.31. The Kier molecular flexibility index (Phi) is 6.58. The van der Waals surface area contributed by atoms with Crippen LogP contribution in [-0.2, 0) is 13.9 Å². The second-order valence-electron chi connectivity index (χ2n) is 3.94. The molecule has 1 rings (SSSR count). The van der Waals surface area contributed by atoms with Crippen LogP contribution in [0.3, 0.4) is 0 Å². The zero-order chi connectivity index (χ0) is 14.1. The SMILES string of the molecule is CCOc1ccccc1P(=O)(CCCC=C=O)OC. The van der Waals surface area contributed by atoms with Crippen molar-refractivity contribution in [3.63, 3.8) is 0 Å². The molecule has 1 atom stereocenters. The van der Waals surface area contributed by atoms with Crippen molar-refractivity contribution < 1.29 is 18.6 Å². The molecule has 0 aliphatic carbocycles. The number of carbonyl (C=O) groups excluding carboxylic acids is 1. The molecule has 0 saturated heterocycles. The Morgan fingerprint density at radius 1 is 1.37 bits per heavy atom. The van der Waals surface area contributed by atoms with Crippen LogP contribution in [0.4, 0.5) is 0 Å². The van der Waals surface area contributed by atoms with Gasteiger partial charge in [-0.15, -0.1) is 0 Å². The zero-order valence-electron chi connectivity index (χ0n) is 11.3. The summed E-state index contributed by atoms with van der Waals surface area (Å²) in [5, 5.41) is 0.606. The normalized spacial score (nSPS) is 13.4. The van der Waals surface area contributed by atoms with Gasteiger partial charge < -0.3 is 9.26 Å². The molecule has 0 aliphatic rings. The van der Waals surface area contributed by atoms with Crippen LogP contribution in [-0.4, -0.2) is 25.8 Å². The molecule has 0 N–H and O–H groups in total. The van der Waals surface area contributed by atoms with Crippen molar-refractivity contribution in [2.24, 2.45) is 0 Å². The van der Waals surface area contributed by atoms with E-state index in [0.29, 0.717) is 36.7 Å². The number of rotatable bonds is 8. The standard InChI is InChI=1S/C14H19O4P/c1-3-18-13-9-5-6-10-14(13)19(16,17-2)12-8-4-7-11-15/h5-7,9-10H,3-4,8,12H2,1-2H3. The van der Waals surface area contributed by atoms with Crippen molar-refractivity contribution in [2.75, 3.05) is 19.9 Å². The molecule has 1 aromatic carbocycles. The molecular weight excluding hydrogens is 263 g/mol. The monoisotopic (exact) mass is 282 g/mol. The lowest BCUT2D eigenvalue weighted by Gasteiger charge is -2.19. The molecule has 1 unspecified atom stereocenters. The number of para-hydroxylation sites is 1. The van der Waals surface area contributed by atoms with Crippen molar-refractivity contribution in [1.29, 1.82) is 0 Å². The van der Waals surface area contributed by atoms with Crippen LogP contribution in [0.25, 0.3) is 0 Å². The molecule has 0 fully saturated rings. The average Bonchev–Trinajstić information content (AvgIpc) is 2.44. The van der Waals surface area contributed by atoms with Gasteiger partial charge in [-0.05, 0) is 38.0 Å². The van der Waals surface area contributed by atoms with E-state index < -0.39 is 7.37 Å². The number of hydrogen-bond donors (Lipinski definition) is 0. The highest BCUT2D eigenvalue weighted by Gasteiger charge is 2.27. The lowest BCUT2D eigenvalue weighted by atomic mass is 10.3. The number of unbranched alkanes of at least 4 members (excludes halogenated alkanes) is 1. The van der Waals surface area contributed by atoms with E-state index in [1.54, 1.807) is 18.1 Å². The quantitative estimate of drug-likeness (QED) is 0.418. The van der Waals surface area contributed by atoms with E-state index in [-0.39, 0.29) is 0 Å². The molecule has 4 nitrogen and oxygen atoms in total. The summed E-state index contributed by atoms with van der Waals surface area (Å²) in [7, 11) is -1.49. The number of allylic oxidation sites excluding steroid dienone is 1. The first-order valence-electron chi connectivity index (χ1n) is 6.24. The first kappa shape index (κ1) is 15.7. The maximum atomic E-state index is 12.8. The molecule has 0 heterocycles. The maximum absolute atomic E-state index is 12.8. The lowest BCUT2D eigenvalue weighted by Crippen LogP contribution is -2.13. The molecule has 19 heavy (non-hydrogen) atoms. The van der Waals surface area contributed by atoms with Gasteiger partial charge in [-0.25, -0.2) is 4.79 Å². The van der Waals surface area contributed by atoms with Crippen LogP contribution >= 0.6 is 7.37 Å². The molecule has 0 amide bonds. The van der Waals surface area contributed by atoms with Crippen molar-refractivity contribution in [1.82, 2.24) is 0 Å². The molecule has 104 valence electrons. The van der Waals surface area contributed by atoms with Gasteiger partial charge >= 0.3 is 0 Å². The highest BCUT2D eigenvalue weighted by atomic mass is 31.2. The summed E-state index contributed by atoms with van der Waals surface area (Å²) >= 11 is 0. The summed E-state index contributed by atoms with van der Waals surface area (Å²) < 4.78 is 23.6. The van der Waals surface area contributed by atoms with Gasteiger partial charge in [0.2, 0.25) is 7.37 Å². The van der Waals surface area contributed by atoms with E-state index in [1.165, 1.54) is 13.2 Å². The molecule has 0 radical (unpaired) electrons. The van der Waals surface area contributed by atoms with E-state index in [0.717, 1.165) is 0 Å². The molecule has 1 aromatic rings. The van der Waals surface area contributed by atoms with Crippen LogP contribution in [0.1, 0.15) is 19.8 Å². The van der Waals surface area contributed by atoms with Gasteiger partial charge in [0.05, 0.1) is 11.9 Å². The van der Waals surface area contributed by atoms with Gasteiger partial charge in [-0.1, -0.05) is 12.1 Å². The zero-order valence-corrected chi connectivity index (χ0v) is 12.2. The third-order valence-electron chi connectivity index (χ3n) is 2.71. The summed E-state index contributed by atoms with van der Waals surface area (Å²) in [6, 6.07) is 7.21. The van der Waals surface area contributed by atoms with Gasteiger partial charge in [0.25, 0.3) is 0 Å². The van der Waals surface area contributed by atoms with Crippen LogP contribution < -0.4 is 10.0 Å². The molecule has 0 saturated carbocycles. The Morgan fingerprint density at radius 3 is 2.74 bits per heavy atom. The van der Waals surface area contributed by atoms with Gasteiger partial charge in [-0.3, -0.25) is 4.57 Å². The van der Waals surface area contributed by atoms with Crippen LogP contribution in [0.15, 0.2) is 30.3 Å². The Hall–Kier alpha value is -1.34. The van der Waals surface area contributed by atoms with Crippen molar-refractivity contribution in [2.45, 2.75) is 19.8 Å². The van der Waals surface area contributed by atoms with Gasteiger partial charge in [0.1, 0.15) is 11.7 Å². The van der Waals surface area contributed by atoms with Crippen molar-refractivity contribution in [3.05, 3.63) is 30.3 Å². The van der Waals surface area contributed by atoms with Crippen molar-refractivity contribution >= 4 is 18.6 Å². The van der Waals surface area contributed by atoms with E-state index in [4.69, 9.17) is 9.26 Å². The number of benzene rings is 1. The molecule has 0 bridgehead atoms. The second-order valence-corrected chi connectivity index (χ2v) is 6.59. The predicted molar refractivity (Wildman–Crippen MR) is 76.2 cm³/mol. The first-order chi connectivity index (χ1) is 9.18.